The van der Waals surface area contributed by atoms with Gasteiger partial charge in [-0.05, 0) is 48.6 Å². The predicted octanol–water partition coefficient (Wildman–Crippen LogP) is 4.06. The van der Waals surface area contributed by atoms with Crippen LogP contribution in [0.3, 0.4) is 0 Å². The molecule has 0 radical (unpaired) electrons. The fraction of sp³-hybridized carbons (Fsp3) is 0.333. The second kappa shape index (κ2) is 6.08. The van der Waals surface area contributed by atoms with E-state index in [1.54, 1.807) is 14.2 Å². The normalized spacial score (nSPS) is 20.5. The van der Waals surface area contributed by atoms with Crippen molar-refractivity contribution < 1.29 is 9.47 Å². The second-order valence-corrected chi connectivity index (χ2v) is 5.49. The zero-order chi connectivity index (χ0) is 14.7. The average Bonchev–Trinajstić information content (AvgIpc) is 2.50. The number of anilines is 1. The Hall–Kier alpha value is -2.16. The van der Waals surface area contributed by atoms with E-state index in [0.717, 1.165) is 30.0 Å². The Labute approximate surface area is 125 Å². The van der Waals surface area contributed by atoms with Gasteiger partial charge in [0.15, 0.2) is 0 Å². The highest BCUT2D eigenvalue weighted by Gasteiger charge is 2.30. The van der Waals surface area contributed by atoms with Crippen molar-refractivity contribution in [2.75, 3.05) is 19.5 Å². The molecule has 1 aliphatic rings. The lowest BCUT2D eigenvalue weighted by Gasteiger charge is -2.37. The molecule has 1 aliphatic carbocycles. The van der Waals surface area contributed by atoms with Crippen molar-refractivity contribution in [2.45, 2.75) is 24.8 Å². The second-order valence-electron chi connectivity index (χ2n) is 5.49. The van der Waals surface area contributed by atoms with E-state index in [-0.39, 0.29) is 0 Å². The third-order valence-electron chi connectivity index (χ3n) is 4.17. The third kappa shape index (κ3) is 2.97. The molecule has 1 fully saturated rings. The molecule has 3 rings (SSSR count). The molecule has 0 amide bonds. The topological polar surface area (TPSA) is 30.5 Å². The van der Waals surface area contributed by atoms with E-state index in [9.17, 15) is 0 Å². The summed E-state index contributed by atoms with van der Waals surface area (Å²) in [4.78, 5) is 0. The minimum atomic E-state index is 0.512. The van der Waals surface area contributed by atoms with Gasteiger partial charge in [-0.3, -0.25) is 0 Å². The molecule has 0 aliphatic heterocycles. The van der Waals surface area contributed by atoms with Crippen LogP contribution in [-0.4, -0.2) is 20.3 Å². The van der Waals surface area contributed by atoms with Crippen LogP contribution in [0.5, 0.6) is 11.5 Å². The van der Waals surface area contributed by atoms with Gasteiger partial charge >= 0.3 is 0 Å². The fourth-order valence-electron chi connectivity index (χ4n) is 2.89. The summed E-state index contributed by atoms with van der Waals surface area (Å²) in [5.74, 6) is 2.46. The fourth-order valence-corrected chi connectivity index (χ4v) is 2.89. The molecule has 3 nitrogen and oxygen atoms in total. The lowest BCUT2D eigenvalue weighted by atomic mass is 9.75. The maximum absolute atomic E-state index is 5.38. The maximum atomic E-state index is 5.38. The maximum Gasteiger partial charge on any atom is 0.141 e. The lowest BCUT2D eigenvalue weighted by molar-refractivity contribution is 0.367. The molecule has 0 atom stereocenters. The molecule has 3 heteroatoms. The van der Waals surface area contributed by atoms with Gasteiger partial charge in [-0.15, -0.1) is 0 Å². The van der Waals surface area contributed by atoms with Crippen molar-refractivity contribution in [1.29, 1.82) is 0 Å². The molecule has 1 saturated carbocycles. The predicted molar refractivity (Wildman–Crippen MR) is 85.4 cm³/mol. The number of rotatable bonds is 5. The first kappa shape index (κ1) is 13.8. The van der Waals surface area contributed by atoms with Crippen LogP contribution in [0, 0.1) is 0 Å². The van der Waals surface area contributed by atoms with Crippen LogP contribution in [-0.2, 0) is 0 Å². The standard InChI is InChI=1S/C18H21NO2/c1-20-16-7-5-6-13(12-16)14-10-15(11-14)19-17-8-3-4-9-18(17)21-2/h3-9,12,14-15,19H,10-11H2,1-2H3. The highest BCUT2D eigenvalue weighted by Crippen LogP contribution is 2.40. The van der Waals surface area contributed by atoms with Gasteiger partial charge in [-0.2, -0.15) is 0 Å². The number of para-hydroxylation sites is 2. The molecule has 0 saturated heterocycles. The van der Waals surface area contributed by atoms with Crippen molar-refractivity contribution in [3.8, 4) is 11.5 Å². The number of methoxy groups -OCH3 is 2. The molecule has 1 N–H and O–H groups in total. The lowest BCUT2D eigenvalue weighted by Crippen LogP contribution is -2.34. The molecule has 2 aromatic carbocycles. The van der Waals surface area contributed by atoms with Crippen LogP contribution in [0.4, 0.5) is 5.69 Å². The first-order chi connectivity index (χ1) is 10.3. The summed E-state index contributed by atoms with van der Waals surface area (Å²) in [6, 6.07) is 17.0. The SMILES string of the molecule is COc1cccc(C2CC(Nc3ccccc3OC)C2)c1. The highest BCUT2D eigenvalue weighted by atomic mass is 16.5. The number of hydrogen-bond donors (Lipinski definition) is 1. The van der Waals surface area contributed by atoms with Gasteiger partial charge in [0.05, 0.1) is 19.9 Å². The Kier molecular flexibility index (Phi) is 4.00. The van der Waals surface area contributed by atoms with Gasteiger partial charge in [0.2, 0.25) is 0 Å². The summed E-state index contributed by atoms with van der Waals surface area (Å²) >= 11 is 0. The molecule has 0 heterocycles. The summed E-state index contributed by atoms with van der Waals surface area (Å²) < 4.78 is 10.7. The Balaban J connectivity index is 1.60. The van der Waals surface area contributed by atoms with Gasteiger partial charge in [-0.1, -0.05) is 24.3 Å². The van der Waals surface area contributed by atoms with E-state index in [0.29, 0.717) is 12.0 Å². The van der Waals surface area contributed by atoms with Crippen LogP contribution in [0.1, 0.15) is 24.3 Å². The zero-order valence-electron chi connectivity index (χ0n) is 12.5. The van der Waals surface area contributed by atoms with E-state index in [1.807, 2.05) is 24.3 Å². The van der Waals surface area contributed by atoms with Crippen LogP contribution >= 0.6 is 0 Å². The zero-order valence-corrected chi connectivity index (χ0v) is 12.5. The van der Waals surface area contributed by atoms with Crippen molar-refractivity contribution >= 4 is 5.69 Å². The molecule has 0 bridgehead atoms. The summed E-state index contributed by atoms with van der Waals surface area (Å²) in [6.07, 6.45) is 2.29. The van der Waals surface area contributed by atoms with Crippen LogP contribution in [0.15, 0.2) is 48.5 Å². The third-order valence-corrected chi connectivity index (χ3v) is 4.17. The molecule has 2 aromatic rings. The monoisotopic (exact) mass is 283 g/mol. The van der Waals surface area contributed by atoms with Gasteiger partial charge in [0.1, 0.15) is 11.5 Å². The minimum Gasteiger partial charge on any atom is -0.497 e. The summed E-state index contributed by atoms with van der Waals surface area (Å²) in [5, 5.41) is 3.57. The first-order valence-electron chi connectivity index (χ1n) is 7.33. The molecule has 0 spiro atoms. The Morgan fingerprint density at radius 1 is 0.952 bits per heavy atom. The summed E-state index contributed by atoms with van der Waals surface area (Å²) in [7, 11) is 3.42. The van der Waals surface area contributed by atoms with Crippen molar-refractivity contribution in [3.63, 3.8) is 0 Å². The minimum absolute atomic E-state index is 0.512. The average molecular weight is 283 g/mol. The van der Waals surface area contributed by atoms with Crippen LogP contribution in [0.25, 0.3) is 0 Å². The van der Waals surface area contributed by atoms with E-state index >= 15 is 0 Å². The molecular weight excluding hydrogens is 262 g/mol. The molecule has 0 unspecified atom stereocenters. The van der Waals surface area contributed by atoms with Crippen molar-refractivity contribution in [3.05, 3.63) is 54.1 Å². The van der Waals surface area contributed by atoms with Gasteiger partial charge in [-0.25, -0.2) is 0 Å². The summed E-state index contributed by atoms with van der Waals surface area (Å²) in [5.41, 5.74) is 2.45. The summed E-state index contributed by atoms with van der Waals surface area (Å²) in [6.45, 7) is 0. The number of benzene rings is 2. The highest BCUT2D eigenvalue weighted by molar-refractivity contribution is 5.57. The number of nitrogens with one attached hydrogen (secondary N) is 1. The smallest absolute Gasteiger partial charge is 0.141 e. The number of ether oxygens (including phenoxy) is 2. The van der Waals surface area contributed by atoms with E-state index in [2.05, 4.69) is 29.6 Å². The Bertz CT molecular complexity index is 606. The van der Waals surface area contributed by atoms with E-state index in [4.69, 9.17) is 9.47 Å². The van der Waals surface area contributed by atoms with Gasteiger partial charge in [0, 0.05) is 6.04 Å². The Morgan fingerprint density at radius 2 is 1.76 bits per heavy atom. The van der Waals surface area contributed by atoms with Crippen molar-refractivity contribution in [2.24, 2.45) is 0 Å². The Morgan fingerprint density at radius 3 is 2.52 bits per heavy atom. The van der Waals surface area contributed by atoms with Crippen LogP contribution < -0.4 is 14.8 Å². The van der Waals surface area contributed by atoms with E-state index < -0.39 is 0 Å². The molecular formula is C18H21NO2. The number of hydrogen-bond acceptors (Lipinski definition) is 3. The van der Waals surface area contributed by atoms with E-state index in [1.165, 1.54) is 5.56 Å². The van der Waals surface area contributed by atoms with Crippen LogP contribution in [0.2, 0.25) is 0 Å². The largest absolute Gasteiger partial charge is 0.497 e. The van der Waals surface area contributed by atoms with Crippen molar-refractivity contribution in [1.82, 2.24) is 0 Å². The molecule has 21 heavy (non-hydrogen) atoms. The molecule has 110 valence electrons. The van der Waals surface area contributed by atoms with Gasteiger partial charge < -0.3 is 14.8 Å². The first-order valence-corrected chi connectivity index (χ1v) is 7.33. The quantitative estimate of drug-likeness (QED) is 0.897. The molecule has 0 aromatic heterocycles. The van der Waals surface area contributed by atoms with Gasteiger partial charge in [0.25, 0.3) is 0 Å².